The van der Waals surface area contributed by atoms with E-state index in [-0.39, 0.29) is 24.2 Å². The Morgan fingerprint density at radius 1 is 1.50 bits per heavy atom. The maximum atomic E-state index is 11.4. The van der Waals surface area contributed by atoms with Gasteiger partial charge < -0.3 is 11.1 Å². The topological polar surface area (TPSA) is 79.0 Å². The van der Waals surface area contributed by atoms with E-state index in [4.69, 9.17) is 11.1 Å². The molecule has 1 atom stereocenters. The molecular weight excluding hydrogens is 270 g/mol. The zero-order valence-electron chi connectivity index (χ0n) is 8.96. The lowest BCUT2D eigenvalue weighted by atomic mass is 10.1. The molecule has 0 aliphatic rings. The van der Waals surface area contributed by atoms with Crippen LogP contribution in [0.2, 0.25) is 0 Å². The van der Waals surface area contributed by atoms with Gasteiger partial charge in [0.15, 0.2) is 0 Å². The summed E-state index contributed by atoms with van der Waals surface area (Å²) >= 11 is 3.35. The van der Waals surface area contributed by atoms with Crippen molar-refractivity contribution in [2.75, 3.05) is 0 Å². The van der Waals surface area contributed by atoms with Crippen molar-refractivity contribution >= 4 is 27.7 Å². The van der Waals surface area contributed by atoms with Gasteiger partial charge in [0.1, 0.15) is 0 Å². The maximum absolute atomic E-state index is 11.4. The van der Waals surface area contributed by atoms with Gasteiger partial charge in [-0.15, -0.1) is 0 Å². The van der Waals surface area contributed by atoms with Crippen LogP contribution >= 0.6 is 15.9 Å². The predicted octanol–water partition coefficient (Wildman–Crippen LogP) is 1.95. The van der Waals surface area contributed by atoms with E-state index in [0.717, 1.165) is 10.0 Å². The summed E-state index contributed by atoms with van der Waals surface area (Å²) in [6.07, 6.45) is -0.0547. The molecule has 1 amide bonds. The molecule has 1 rings (SSSR count). The highest BCUT2D eigenvalue weighted by Crippen LogP contribution is 2.16. The number of nitrogens with two attached hydrogens (primary N) is 1. The van der Waals surface area contributed by atoms with Gasteiger partial charge in [0.05, 0.1) is 18.3 Å². The molecule has 16 heavy (non-hydrogen) atoms. The Labute approximate surface area is 103 Å². The average molecular weight is 284 g/mol. The molecule has 4 nitrogen and oxygen atoms in total. The second kappa shape index (κ2) is 5.65. The fourth-order valence-electron chi connectivity index (χ4n) is 1.30. The van der Waals surface area contributed by atoms with Gasteiger partial charge in [-0.1, -0.05) is 28.1 Å². The zero-order valence-corrected chi connectivity index (χ0v) is 10.5. The summed E-state index contributed by atoms with van der Waals surface area (Å²) in [7, 11) is 0. The van der Waals surface area contributed by atoms with E-state index in [2.05, 4.69) is 21.2 Å². The third kappa shape index (κ3) is 4.02. The van der Waals surface area contributed by atoms with Crippen LogP contribution in [-0.2, 0) is 4.79 Å². The van der Waals surface area contributed by atoms with Crippen LogP contribution in [0.1, 0.15) is 24.9 Å². The number of amidine groups is 1. The number of hydrogen-bond acceptors (Lipinski definition) is 2. The Morgan fingerprint density at radius 2 is 2.06 bits per heavy atom. The molecule has 0 saturated heterocycles. The zero-order chi connectivity index (χ0) is 12.1. The quantitative estimate of drug-likeness (QED) is 0.583. The van der Waals surface area contributed by atoms with Crippen molar-refractivity contribution in [1.82, 2.24) is 5.32 Å². The Kier molecular flexibility index (Phi) is 4.49. The third-order valence-electron chi connectivity index (χ3n) is 2.10. The van der Waals surface area contributed by atoms with E-state index in [1.165, 1.54) is 0 Å². The standard InChI is InChI=1S/C11H14BrN3O/c1-7(15-11(16)6-10(13)14)8-2-4-9(12)5-3-8/h2-5,7H,6H2,1H3,(H3,13,14)(H,15,16). The summed E-state index contributed by atoms with van der Waals surface area (Å²) in [6, 6.07) is 7.62. The van der Waals surface area contributed by atoms with Gasteiger partial charge in [-0.25, -0.2) is 0 Å². The summed E-state index contributed by atoms with van der Waals surface area (Å²) in [5.74, 6) is -0.358. The van der Waals surface area contributed by atoms with Gasteiger partial charge in [-0.2, -0.15) is 0 Å². The number of hydrogen-bond donors (Lipinski definition) is 3. The number of amides is 1. The highest BCUT2D eigenvalue weighted by molar-refractivity contribution is 9.10. The molecule has 0 aliphatic heterocycles. The third-order valence-corrected chi connectivity index (χ3v) is 2.63. The summed E-state index contributed by atoms with van der Waals surface area (Å²) in [5, 5.41) is 9.78. The van der Waals surface area contributed by atoms with Crippen LogP contribution in [0.3, 0.4) is 0 Å². The van der Waals surface area contributed by atoms with Crippen molar-refractivity contribution in [1.29, 1.82) is 5.41 Å². The summed E-state index contributed by atoms with van der Waals surface area (Å²) < 4.78 is 0.999. The molecule has 5 heteroatoms. The minimum atomic E-state index is -0.233. The van der Waals surface area contributed by atoms with Crippen LogP contribution in [0.25, 0.3) is 0 Å². The number of nitrogens with one attached hydrogen (secondary N) is 2. The molecule has 0 spiro atoms. The number of rotatable bonds is 4. The van der Waals surface area contributed by atoms with Crippen molar-refractivity contribution in [3.8, 4) is 0 Å². The van der Waals surface area contributed by atoms with Gasteiger partial charge in [-0.05, 0) is 24.6 Å². The van der Waals surface area contributed by atoms with Crippen LogP contribution in [0.15, 0.2) is 28.7 Å². The van der Waals surface area contributed by atoms with E-state index in [9.17, 15) is 4.79 Å². The maximum Gasteiger partial charge on any atom is 0.228 e. The number of carbonyl (C=O) groups excluding carboxylic acids is 1. The molecule has 1 aromatic carbocycles. The summed E-state index contributed by atoms with van der Waals surface area (Å²) in [5.41, 5.74) is 6.16. The minimum Gasteiger partial charge on any atom is -0.387 e. The van der Waals surface area contributed by atoms with Crippen molar-refractivity contribution in [2.24, 2.45) is 5.73 Å². The fourth-order valence-corrected chi connectivity index (χ4v) is 1.56. The van der Waals surface area contributed by atoms with Gasteiger partial charge in [0, 0.05) is 4.47 Å². The van der Waals surface area contributed by atoms with Crippen LogP contribution in [-0.4, -0.2) is 11.7 Å². The molecule has 0 bridgehead atoms. The number of benzene rings is 1. The largest absolute Gasteiger partial charge is 0.387 e. The highest BCUT2D eigenvalue weighted by atomic mass is 79.9. The van der Waals surface area contributed by atoms with E-state index >= 15 is 0 Å². The Bertz CT molecular complexity index is 389. The molecular formula is C11H14BrN3O. The smallest absolute Gasteiger partial charge is 0.228 e. The fraction of sp³-hybridized carbons (Fsp3) is 0.273. The molecule has 0 radical (unpaired) electrons. The Morgan fingerprint density at radius 3 is 2.56 bits per heavy atom. The van der Waals surface area contributed by atoms with E-state index in [1.807, 2.05) is 31.2 Å². The van der Waals surface area contributed by atoms with Crippen LogP contribution in [0, 0.1) is 5.41 Å². The van der Waals surface area contributed by atoms with Crippen molar-refractivity contribution < 1.29 is 4.79 Å². The minimum absolute atomic E-state index is 0.0547. The second-order valence-electron chi connectivity index (χ2n) is 3.54. The highest BCUT2D eigenvalue weighted by Gasteiger charge is 2.09. The Balaban J connectivity index is 2.58. The summed E-state index contributed by atoms with van der Waals surface area (Å²) in [4.78, 5) is 11.4. The second-order valence-corrected chi connectivity index (χ2v) is 4.46. The van der Waals surface area contributed by atoms with E-state index in [1.54, 1.807) is 0 Å². The first-order valence-electron chi connectivity index (χ1n) is 4.86. The van der Waals surface area contributed by atoms with E-state index in [0.29, 0.717) is 0 Å². The predicted molar refractivity (Wildman–Crippen MR) is 67.2 cm³/mol. The SMILES string of the molecule is CC(NC(=O)CC(=N)N)c1ccc(Br)cc1. The van der Waals surface area contributed by atoms with Gasteiger partial charge in [-0.3, -0.25) is 10.2 Å². The van der Waals surface area contributed by atoms with Crippen molar-refractivity contribution in [2.45, 2.75) is 19.4 Å². The van der Waals surface area contributed by atoms with E-state index < -0.39 is 0 Å². The number of halogens is 1. The van der Waals surface area contributed by atoms with Crippen LogP contribution in [0.5, 0.6) is 0 Å². The van der Waals surface area contributed by atoms with Crippen molar-refractivity contribution in [3.63, 3.8) is 0 Å². The number of carbonyl (C=O) groups is 1. The van der Waals surface area contributed by atoms with Crippen molar-refractivity contribution in [3.05, 3.63) is 34.3 Å². The molecule has 0 heterocycles. The lowest BCUT2D eigenvalue weighted by molar-refractivity contribution is -0.120. The lowest BCUT2D eigenvalue weighted by Gasteiger charge is -2.14. The first-order valence-corrected chi connectivity index (χ1v) is 5.66. The van der Waals surface area contributed by atoms with Crippen LogP contribution in [0.4, 0.5) is 0 Å². The molecule has 4 N–H and O–H groups in total. The molecule has 0 aromatic heterocycles. The Hall–Kier alpha value is -1.36. The van der Waals surface area contributed by atoms with Gasteiger partial charge in [0.2, 0.25) is 5.91 Å². The first-order chi connectivity index (χ1) is 7.49. The first kappa shape index (κ1) is 12.7. The molecule has 0 saturated carbocycles. The average Bonchev–Trinajstić information content (AvgIpc) is 2.16. The molecule has 0 fully saturated rings. The summed E-state index contributed by atoms with van der Waals surface area (Å²) in [6.45, 7) is 1.89. The molecule has 1 aromatic rings. The van der Waals surface area contributed by atoms with Crippen LogP contribution < -0.4 is 11.1 Å². The lowest BCUT2D eigenvalue weighted by Crippen LogP contribution is -2.30. The van der Waals surface area contributed by atoms with Gasteiger partial charge >= 0.3 is 0 Å². The molecule has 86 valence electrons. The molecule has 1 unspecified atom stereocenters. The normalized spacial score (nSPS) is 11.9. The molecule has 0 aliphatic carbocycles. The van der Waals surface area contributed by atoms with Gasteiger partial charge in [0.25, 0.3) is 0 Å². The monoisotopic (exact) mass is 283 g/mol.